The standard InChI is InChI=1S/C12H18N2O2/c1-5-6-9(4)14-10(15)7-13-12(16)11(14)8(2)3/h1,8-9,11H,6-7H2,2-4H3,(H,13,16). The fourth-order valence-electron chi connectivity index (χ4n) is 2.05. The molecule has 1 saturated heterocycles. The smallest absolute Gasteiger partial charge is 0.243 e. The topological polar surface area (TPSA) is 49.4 Å². The van der Waals surface area contributed by atoms with Crippen molar-refractivity contribution in [1.82, 2.24) is 10.2 Å². The first-order valence-corrected chi connectivity index (χ1v) is 5.51. The van der Waals surface area contributed by atoms with E-state index in [0.717, 1.165) is 0 Å². The molecule has 0 saturated carbocycles. The highest BCUT2D eigenvalue weighted by Crippen LogP contribution is 2.19. The fraction of sp³-hybridized carbons (Fsp3) is 0.667. The molecule has 0 spiro atoms. The third-order valence-corrected chi connectivity index (χ3v) is 2.79. The number of hydrogen-bond acceptors (Lipinski definition) is 2. The van der Waals surface area contributed by atoms with Gasteiger partial charge in [0.05, 0.1) is 6.54 Å². The molecule has 2 unspecified atom stereocenters. The zero-order chi connectivity index (χ0) is 12.3. The Kier molecular flexibility index (Phi) is 3.94. The van der Waals surface area contributed by atoms with Crippen LogP contribution in [0.5, 0.6) is 0 Å². The van der Waals surface area contributed by atoms with Crippen LogP contribution in [-0.4, -0.2) is 35.3 Å². The molecular weight excluding hydrogens is 204 g/mol. The van der Waals surface area contributed by atoms with Crippen LogP contribution in [0.2, 0.25) is 0 Å². The summed E-state index contributed by atoms with van der Waals surface area (Å²) in [5.74, 6) is 2.48. The summed E-state index contributed by atoms with van der Waals surface area (Å²) in [6.07, 6.45) is 5.72. The molecule has 16 heavy (non-hydrogen) atoms. The van der Waals surface area contributed by atoms with Crippen LogP contribution in [0.25, 0.3) is 0 Å². The van der Waals surface area contributed by atoms with Crippen LogP contribution in [0.15, 0.2) is 0 Å². The van der Waals surface area contributed by atoms with Gasteiger partial charge in [-0.15, -0.1) is 12.3 Å². The van der Waals surface area contributed by atoms with E-state index in [2.05, 4.69) is 11.2 Å². The van der Waals surface area contributed by atoms with E-state index in [1.165, 1.54) is 0 Å². The molecule has 1 rings (SSSR count). The number of rotatable bonds is 3. The van der Waals surface area contributed by atoms with Gasteiger partial charge in [0.25, 0.3) is 0 Å². The Bertz CT molecular complexity index is 330. The van der Waals surface area contributed by atoms with Crippen LogP contribution < -0.4 is 5.32 Å². The summed E-state index contributed by atoms with van der Waals surface area (Å²) >= 11 is 0. The molecule has 1 N–H and O–H groups in total. The Morgan fingerprint density at radius 3 is 2.62 bits per heavy atom. The minimum Gasteiger partial charge on any atom is -0.345 e. The Balaban J connectivity index is 2.93. The number of nitrogens with zero attached hydrogens (tertiary/aromatic N) is 1. The van der Waals surface area contributed by atoms with Crippen molar-refractivity contribution in [2.75, 3.05) is 6.54 Å². The van der Waals surface area contributed by atoms with Crippen LogP contribution in [0.3, 0.4) is 0 Å². The van der Waals surface area contributed by atoms with Gasteiger partial charge in [-0.3, -0.25) is 9.59 Å². The average Bonchev–Trinajstić information content (AvgIpc) is 2.20. The number of terminal acetylenes is 1. The lowest BCUT2D eigenvalue weighted by atomic mass is 9.97. The number of carbonyl (C=O) groups is 2. The van der Waals surface area contributed by atoms with Crippen molar-refractivity contribution in [2.45, 2.75) is 39.3 Å². The molecule has 4 nitrogen and oxygen atoms in total. The maximum absolute atomic E-state index is 11.8. The fourth-order valence-corrected chi connectivity index (χ4v) is 2.05. The van der Waals surface area contributed by atoms with Crippen molar-refractivity contribution in [3.63, 3.8) is 0 Å². The maximum Gasteiger partial charge on any atom is 0.243 e. The lowest BCUT2D eigenvalue weighted by Gasteiger charge is -2.40. The summed E-state index contributed by atoms with van der Waals surface area (Å²) in [5, 5.41) is 2.61. The van der Waals surface area contributed by atoms with E-state index in [-0.39, 0.29) is 30.3 Å². The average molecular weight is 222 g/mol. The summed E-state index contributed by atoms with van der Waals surface area (Å²) in [5.41, 5.74) is 0. The van der Waals surface area contributed by atoms with E-state index >= 15 is 0 Å². The zero-order valence-corrected chi connectivity index (χ0v) is 9.99. The van der Waals surface area contributed by atoms with Gasteiger partial charge in [0.15, 0.2) is 0 Å². The second-order valence-electron chi connectivity index (χ2n) is 4.46. The second-order valence-corrected chi connectivity index (χ2v) is 4.46. The van der Waals surface area contributed by atoms with Crippen molar-refractivity contribution in [2.24, 2.45) is 5.92 Å². The van der Waals surface area contributed by atoms with E-state index in [4.69, 9.17) is 6.42 Å². The first kappa shape index (κ1) is 12.6. The first-order chi connectivity index (χ1) is 7.49. The van der Waals surface area contributed by atoms with Gasteiger partial charge in [-0.25, -0.2) is 0 Å². The molecule has 0 aliphatic carbocycles. The molecule has 0 aromatic rings. The summed E-state index contributed by atoms with van der Waals surface area (Å²) < 4.78 is 0. The largest absolute Gasteiger partial charge is 0.345 e. The quantitative estimate of drug-likeness (QED) is 0.702. The van der Waals surface area contributed by atoms with E-state index in [0.29, 0.717) is 6.42 Å². The van der Waals surface area contributed by atoms with Gasteiger partial charge in [0, 0.05) is 12.5 Å². The van der Waals surface area contributed by atoms with Crippen LogP contribution >= 0.6 is 0 Å². The number of nitrogens with one attached hydrogen (secondary N) is 1. The molecule has 0 aromatic carbocycles. The molecule has 1 fully saturated rings. The van der Waals surface area contributed by atoms with Gasteiger partial charge in [0.2, 0.25) is 11.8 Å². The summed E-state index contributed by atoms with van der Waals surface area (Å²) in [6.45, 7) is 5.82. The maximum atomic E-state index is 11.8. The lowest BCUT2D eigenvalue weighted by molar-refractivity contribution is -0.149. The van der Waals surface area contributed by atoms with E-state index in [1.807, 2.05) is 20.8 Å². The Morgan fingerprint density at radius 2 is 2.12 bits per heavy atom. The predicted octanol–water partition coefficient (Wildman–Crippen LogP) is 0.381. The Hall–Kier alpha value is -1.50. The minimum atomic E-state index is -0.399. The summed E-state index contributed by atoms with van der Waals surface area (Å²) in [4.78, 5) is 25.2. The van der Waals surface area contributed by atoms with Crippen LogP contribution in [0.4, 0.5) is 0 Å². The van der Waals surface area contributed by atoms with Crippen LogP contribution in [0, 0.1) is 18.3 Å². The van der Waals surface area contributed by atoms with Gasteiger partial charge in [-0.2, -0.15) is 0 Å². The molecule has 0 aromatic heterocycles. The van der Waals surface area contributed by atoms with Gasteiger partial charge >= 0.3 is 0 Å². The highest BCUT2D eigenvalue weighted by atomic mass is 16.2. The molecule has 1 aliphatic rings. The third-order valence-electron chi connectivity index (χ3n) is 2.79. The van der Waals surface area contributed by atoms with Crippen molar-refractivity contribution in [3.8, 4) is 12.3 Å². The summed E-state index contributed by atoms with van der Waals surface area (Å²) in [6, 6.07) is -0.486. The van der Waals surface area contributed by atoms with Crippen LogP contribution in [-0.2, 0) is 9.59 Å². The second kappa shape index (κ2) is 5.02. The molecule has 4 heteroatoms. The van der Waals surface area contributed by atoms with Gasteiger partial charge in [-0.1, -0.05) is 13.8 Å². The molecule has 2 atom stereocenters. The zero-order valence-electron chi connectivity index (χ0n) is 9.99. The normalized spacial score (nSPS) is 22.9. The Morgan fingerprint density at radius 1 is 1.50 bits per heavy atom. The monoisotopic (exact) mass is 222 g/mol. The molecule has 88 valence electrons. The van der Waals surface area contributed by atoms with Gasteiger partial charge < -0.3 is 10.2 Å². The molecule has 0 radical (unpaired) electrons. The van der Waals surface area contributed by atoms with E-state index < -0.39 is 6.04 Å². The molecular formula is C12H18N2O2. The predicted molar refractivity (Wildman–Crippen MR) is 61.4 cm³/mol. The molecule has 1 aliphatic heterocycles. The molecule has 1 heterocycles. The minimum absolute atomic E-state index is 0.0546. The third kappa shape index (κ3) is 2.35. The number of carbonyl (C=O) groups excluding carboxylic acids is 2. The van der Waals surface area contributed by atoms with E-state index in [1.54, 1.807) is 4.90 Å². The molecule has 0 bridgehead atoms. The number of amides is 2. The SMILES string of the molecule is C#CCC(C)N1C(=O)CNC(=O)C1C(C)C. The van der Waals surface area contributed by atoms with Crippen molar-refractivity contribution >= 4 is 11.8 Å². The molecule has 2 amide bonds. The number of hydrogen-bond donors (Lipinski definition) is 1. The van der Waals surface area contributed by atoms with Gasteiger partial charge in [-0.05, 0) is 12.8 Å². The van der Waals surface area contributed by atoms with E-state index in [9.17, 15) is 9.59 Å². The van der Waals surface area contributed by atoms with Crippen molar-refractivity contribution in [1.29, 1.82) is 0 Å². The van der Waals surface area contributed by atoms with Crippen molar-refractivity contribution in [3.05, 3.63) is 0 Å². The highest BCUT2D eigenvalue weighted by Gasteiger charge is 2.38. The highest BCUT2D eigenvalue weighted by molar-refractivity contribution is 5.95. The first-order valence-electron chi connectivity index (χ1n) is 5.51. The lowest BCUT2D eigenvalue weighted by Crippen LogP contribution is -2.62. The number of piperazine rings is 1. The Labute approximate surface area is 96.4 Å². The summed E-state index contributed by atoms with van der Waals surface area (Å²) in [7, 11) is 0. The van der Waals surface area contributed by atoms with Crippen LogP contribution in [0.1, 0.15) is 27.2 Å². The van der Waals surface area contributed by atoms with Gasteiger partial charge in [0.1, 0.15) is 6.04 Å². The van der Waals surface area contributed by atoms with Crippen molar-refractivity contribution < 1.29 is 9.59 Å².